The van der Waals surface area contributed by atoms with Crippen molar-refractivity contribution in [3.8, 4) is 22.5 Å². The lowest BCUT2D eigenvalue weighted by Gasteiger charge is -2.11. The molecule has 0 aliphatic heterocycles. The number of fused-ring (bicyclic) bond motifs is 6. The number of aromatic nitrogens is 2. The fraction of sp³-hybridized carbons (Fsp3) is 0. The molecule has 38 heavy (non-hydrogen) atoms. The van der Waals surface area contributed by atoms with Crippen molar-refractivity contribution < 1.29 is 23.3 Å². The van der Waals surface area contributed by atoms with E-state index in [1.165, 1.54) is 9.13 Å². The maximum Gasteiger partial charge on any atom is 0.0651 e. The number of para-hydroxylation sites is 3. The predicted molar refractivity (Wildman–Crippen MR) is 161 cm³/mol. The lowest BCUT2D eigenvalue weighted by atomic mass is 10.1. The molecule has 0 saturated carbocycles. The molecule has 0 aliphatic carbocycles. The van der Waals surface area contributed by atoms with Crippen molar-refractivity contribution in [2.24, 2.45) is 0 Å². The molecule has 0 radical (unpaired) electrons. The molecule has 0 amide bonds. The highest BCUT2D eigenvalue weighted by molar-refractivity contribution is 6.12. The highest BCUT2D eigenvalue weighted by Gasteiger charge is 2.16. The first kappa shape index (κ1) is 10.4. The van der Waals surface area contributed by atoms with Gasteiger partial charge in [-0.1, -0.05) is 96.8 Å². The average molecular weight is 502 g/mol. The molecule has 0 unspecified atom stereocenters. The molecule has 2 aromatic heterocycles. The lowest BCUT2D eigenvalue weighted by Crippen LogP contribution is -1.96. The third-order valence-electron chi connectivity index (χ3n) is 6.53. The summed E-state index contributed by atoms with van der Waals surface area (Å²) in [5.74, 6) is 0. The van der Waals surface area contributed by atoms with Crippen LogP contribution in [0.5, 0.6) is 0 Å². The quantitative estimate of drug-likeness (QED) is 0.228. The van der Waals surface area contributed by atoms with E-state index in [4.69, 9.17) is 21.9 Å². The van der Waals surface area contributed by atoms with Gasteiger partial charge in [-0.3, -0.25) is 0 Å². The second kappa shape index (κ2) is 8.22. The molecule has 178 valence electrons. The molecule has 2 heteroatoms. The van der Waals surface area contributed by atoms with Crippen LogP contribution in [0.15, 0.2) is 145 Å². The van der Waals surface area contributed by atoms with Crippen LogP contribution in [0.4, 0.5) is 0 Å². The van der Waals surface area contributed by atoms with Crippen LogP contribution in [0.25, 0.3) is 66.1 Å². The van der Waals surface area contributed by atoms with Crippen LogP contribution >= 0.6 is 0 Å². The van der Waals surface area contributed by atoms with Crippen molar-refractivity contribution in [1.29, 1.82) is 0 Å². The van der Waals surface area contributed by atoms with Gasteiger partial charge in [-0.2, -0.15) is 0 Å². The Kier molecular flexibility index (Phi) is 2.24. The monoisotopic (exact) mass is 501 g/mol. The van der Waals surface area contributed by atoms with E-state index in [9.17, 15) is 1.37 Å². The number of hydrogen-bond donors (Lipinski definition) is 0. The molecular weight excluding hydrogens is 460 g/mol. The Labute approximate surface area is 244 Å². The van der Waals surface area contributed by atoms with E-state index in [1.54, 1.807) is 42.5 Å². The molecule has 0 atom stereocenters. The summed E-state index contributed by atoms with van der Waals surface area (Å²) >= 11 is 0. The molecular formula is C36H24N2. The van der Waals surface area contributed by atoms with Crippen molar-refractivity contribution in [2.75, 3.05) is 0 Å². The minimum Gasteiger partial charge on any atom is -0.309 e. The Morgan fingerprint density at radius 2 is 1.05 bits per heavy atom. The first-order valence-electron chi connectivity index (χ1n) is 20.2. The van der Waals surface area contributed by atoms with Crippen molar-refractivity contribution >= 4 is 43.6 Å². The second-order valence-electron chi connectivity index (χ2n) is 8.56. The highest BCUT2D eigenvalue weighted by atomic mass is 15.0. The first-order chi connectivity index (χ1) is 25.9. The van der Waals surface area contributed by atoms with Gasteiger partial charge >= 0.3 is 0 Å². The molecule has 0 N–H and O–H groups in total. The van der Waals surface area contributed by atoms with Gasteiger partial charge in [-0.15, -0.1) is 0 Å². The van der Waals surface area contributed by atoms with Crippen LogP contribution in [-0.2, 0) is 0 Å². The third kappa shape index (κ3) is 3.07. The molecule has 0 fully saturated rings. The van der Waals surface area contributed by atoms with Gasteiger partial charge in [-0.05, 0) is 59.6 Å². The normalized spacial score (nSPS) is 17.9. The molecule has 8 aromatic rings. The standard InChI is InChI=1S/C36H24N2/c1-2-11-25(12-3-1)26-13-10-14-27(23-26)37-35-20-9-6-17-31(35)32-24-28(21-22-36(32)37)38-33-18-7-4-15-29(33)30-16-5-8-19-34(30)38/h1-24H/i1D,2D,3D,4D,5D,7D,8D,10D,11D,12D,13D,14D,15D,16D,18D,19D,23D. The maximum atomic E-state index is 9.35. The fourth-order valence-corrected chi connectivity index (χ4v) is 4.97. The Morgan fingerprint density at radius 3 is 1.84 bits per heavy atom. The van der Waals surface area contributed by atoms with Gasteiger partial charge in [0, 0.05) is 32.9 Å². The molecule has 0 aliphatic rings. The van der Waals surface area contributed by atoms with Gasteiger partial charge in [0.05, 0.1) is 45.4 Å². The smallest absolute Gasteiger partial charge is 0.0651 e. The first-order valence-corrected chi connectivity index (χ1v) is 11.7. The van der Waals surface area contributed by atoms with Crippen LogP contribution in [0.1, 0.15) is 23.3 Å². The Bertz CT molecular complexity index is 2970. The topological polar surface area (TPSA) is 9.86 Å². The molecule has 0 bridgehead atoms. The maximum absolute atomic E-state index is 9.35. The van der Waals surface area contributed by atoms with Crippen LogP contribution in [-0.4, -0.2) is 9.13 Å². The third-order valence-corrected chi connectivity index (χ3v) is 6.53. The summed E-state index contributed by atoms with van der Waals surface area (Å²) in [4.78, 5) is 0. The van der Waals surface area contributed by atoms with Gasteiger partial charge in [-0.25, -0.2) is 0 Å². The van der Waals surface area contributed by atoms with Gasteiger partial charge < -0.3 is 9.13 Å². The summed E-state index contributed by atoms with van der Waals surface area (Å²) in [5, 5.41) is 0.835. The van der Waals surface area contributed by atoms with Crippen LogP contribution in [0.3, 0.4) is 0 Å². The zero-order valence-electron chi connectivity index (χ0n) is 36.4. The Morgan fingerprint density at radius 1 is 0.421 bits per heavy atom. The SMILES string of the molecule is [2H]c1c([2H])c([2H])c(-c2c([2H])c([2H])c([2H])c(-n3c4ccccc4c4cc(-n5c6c([2H])c([2H])c([2H])c([2H])c6c6c([2H])c([2H])c([2H])c([2H])c65)ccc43)c2[2H])c([2H])c1[2H]. The summed E-state index contributed by atoms with van der Waals surface area (Å²) in [7, 11) is 0. The van der Waals surface area contributed by atoms with Crippen LogP contribution in [0.2, 0.25) is 0 Å². The van der Waals surface area contributed by atoms with Gasteiger partial charge in [0.25, 0.3) is 0 Å². The van der Waals surface area contributed by atoms with E-state index in [0.717, 1.165) is 0 Å². The molecule has 0 spiro atoms. The summed E-state index contributed by atoms with van der Waals surface area (Å²) in [6.07, 6.45) is 0. The zero-order chi connectivity index (χ0) is 39.8. The molecule has 6 aromatic carbocycles. The van der Waals surface area contributed by atoms with Crippen LogP contribution < -0.4 is 0 Å². The number of hydrogen-bond acceptors (Lipinski definition) is 0. The van der Waals surface area contributed by atoms with E-state index in [0.29, 0.717) is 21.8 Å². The molecule has 2 nitrogen and oxygen atoms in total. The van der Waals surface area contributed by atoms with Crippen LogP contribution in [0, 0.1) is 0 Å². The van der Waals surface area contributed by atoms with Gasteiger partial charge in [0.1, 0.15) is 0 Å². The zero-order valence-corrected chi connectivity index (χ0v) is 19.4. The molecule has 2 heterocycles. The van der Waals surface area contributed by atoms with Crippen molar-refractivity contribution in [3.63, 3.8) is 0 Å². The average Bonchev–Trinajstić information content (AvgIpc) is 3.70. The fourth-order valence-electron chi connectivity index (χ4n) is 4.97. The van der Waals surface area contributed by atoms with E-state index >= 15 is 0 Å². The second-order valence-corrected chi connectivity index (χ2v) is 8.56. The molecule has 8 rings (SSSR count). The van der Waals surface area contributed by atoms with E-state index < -0.39 is 114 Å². The van der Waals surface area contributed by atoms with Gasteiger partial charge in [0.15, 0.2) is 0 Å². The largest absolute Gasteiger partial charge is 0.309 e. The van der Waals surface area contributed by atoms with E-state index in [-0.39, 0.29) is 33.2 Å². The number of nitrogens with zero attached hydrogens (tertiary/aromatic N) is 2. The summed E-state index contributed by atoms with van der Waals surface area (Å²) in [6, 6.07) is 1.64. The predicted octanol–water partition coefficient (Wildman–Crippen LogP) is 9.55. The lowest BCUT2D eigenvalue weighted by molar-refractivity contribution is 1.17. The van der Waals surface area contributed by atoms with E-state index in [1.807, 2.05) is 0 Å². The summed E-state index contributed by atoms with van der Waals surface area (Å²) in [6.45, 7) is 0. The van der Waals surface area contributed by atoms with Gasteiger partial charge in [0.2, 0.25) is 0 Å². The molecule has 0 saturated heterocycles. The van der Waals surface area contributed by atoms with Crippen molar-refractivity contribution in [1.82, 2.24) is 9.13 Å². The highest BCUT2D eigenvalue weighted by Crippen LogP contribution is 2.37. The number of benzene rings is 6. The Balaban J connectivity index is 1.51. The minimum absolute atomic E-state index is 0.0777. The van der Waals surface area contributed by atoms with E-state index in [2.05, 4.69) is 0 Å². The van der Waals surface area contributed by atoms with Crippen molar-refractivity contribution in [2.45, 2.75) is 0 Å². The minimum atomic E-state index is -0.693. The van der Waals surface area contributed by atoms with Crippen molar-refractivity contribution in [3.05, 3.63) is 145 Å². The number of rotatable bonds is 3. The summed E-state index contributed by atoms with van der Waals surface area (Å²) in [5.41, 5.74) is -0.208. The Hall–Kier alpha value is -5.08. The summed E-state index contributed by atoms with van der Waals surface area (Å²) < 4.78 is 149.